The van der Waals surface area contributed by atoms with Gasteiger partial charge in [-0.25, -0.2) is 4.79 Å². The molecule has 1 aromatic rings. The van der Waals surface area contributed by atoms with E-state index in [2.05, 4.69) is 20.8 Å². The van der Waals surface area contributed by atoms with Crippen LogP contribution in [-0.2, 0) is 19.0 Å². The van der Waals surface area contributed by atoms with Crippen LogP contribution >= 0.6 is 0 Å². The van der Waals surface area contributed by atoms with E-state index in [1.165, 1.54) is 52.1 Å². The summed E-state index contributed by atoms with van der Waals surface area (Å²) in [6, 6.07) is 9.18. The van der Waals surface area contributed by atoms with Gasteiger partial charge in [-0.2, -0.15) is 0 Å². The number of ether oxygens (including phenoxy) is 3. The number of methoxy groups -OCH3 is 1. The van der Waals surface area contributed by atoms with Gasteiger partial charge in [0.1, 0.15) is 6.61 Å². The molecule has 5 heteroatoms. The molecule has 0 amide bonds. The summed E-state index contributed by atoms with van der Waals surface area (Å²) < 4.78 is 16.6. The molecule has 4 fully saturated rings. The summed E-state index contributed by atoms with van der Waals surface area (Å²) in [7, 11) is 1.50. The molecule has 216 valence electrons. The van der Waals surface area contributed by atoms with Gasteiger partial charge in [0.2, 0.25) is 0 Å². The van der Waals surface area contributed by atoms with Gasteiger partial charge in [0.15, 0.2) is 0 Å². The molecule has 0 heterocycles. The molecule has 39 heavy (non-hydrogen) atoms. The molecule has 0 saturated heterocycles. The highest BCUT2D eigenvalue weighted by atomic mass is 16.6. The van der Waals surface area contributed by atoms with Crippen molar-refractivity contribution in [1.82, 2.24) is 0 Å². The minimum absolute atomic E-state index is 0.0655. The van der Waals surface area contributed by atoms with E-state index in [1.807, 2.05) is 18.2 Å². The van der Waals surface area contributed by atoms with Crippen LogP contribution in [0.1, 0.15) is 102 Å². The largest absolute Gasteiger partial charge is 0.469 e. The van der Waals surface area contributed by atoms with Gasteiger partial charge in [0, 0.05) is 6.42 Å². The Morgan fingerprint density at radius 2 is 1.67 bits per heavy atom. The number of benzene rings is 1. The number of carbonyl (C=O) groups is 2. The molecule has 0 N–H and O–H groups in total. The molecule has 1 unspecified atom stereocenters. The minimum Gasteiger partial charge on any atom is -0.469 e. The quantitative estimate of drug-likeness (QED) is 0.241. The summed E-state index contributed by atoms with van der Waals surface area (Å²) in [5.74, 6) is 4.26. The van der Waals surface area contributed by atoms with Crippen molar-refractivity contribution >= 4 is 11.9 Å². The molecule has 9 atom stereocenters. The SMILES string of the molecule is COC(=O)CC[C@@H](C)[C@H]1CC[C@H]2[C@@H]3CCC4C[C@@H](OCCOC(=O)c5ccccc5)CC[C@]4(C)[C@H]3CC[C@]12C. The van der Waals surface area contributed by atoms with Gasteiger partial charge < -0.3 is 14.2 Å². The molecular formula is C34H50O5. The van der Waals surface area contributed by atoms with E-state index in [0.717, 1.165) is 48.9 Å². The van der Waals surface area contributed by atoms with Crippen molar-refractivity contribution in [1.29, 1.82) is 0 Å². The van der Waals surface area contributed by atoms with Crippen molar-refractivity contribution in [2.45, 2.75) is 97.5 Å². The molecule has 0 aliphatic heterocycles. The highest BCUT2D eigenvalue weighted by Crippen LogP contribution is 2.68. The minimum atomic E-state index is -0.273. The van der Waals surface area contributed by atoms with Crippen LogP contribution in [0, 0.1) is 46.3 Å². The predicted octanol–water partition coefficient (Wildman–Crippen LogP) is 7.48. The molecule has 4 aliphatic rings. The van der Waals surface area contributed by atoms with E-state index in [1.54, 1.807) is 12.1 Å². The zero-order valence-electron chi connectivity index (χ0n) is 24.7. The van der Waals surface area contributed by atoms with Gasteiger partial charge in [0.05, 0.1) is 25.4 Å². The number of esters is 2. The number of hydrogen-bond donors (Lipinski definition) is 0. The molecule has 0 aromatic heterocycles. The summed E-state index contributed by atoms with van der Waals surface area (Å²) in [6.07, 6.45) is 13.5. The summed E-state index contributed by atoms with van der Waals surface area (Å²) in [4.78, 5) is 24.0. The Kier molecular flexibility index (Phi) is 8.76. The molecule has 0 spiro atoms. The van der Waals surface area contributed by atoms with Crippen LogP contribution in [0.4, 0.5) is 0 Å². The fourth-order valence-corrected chi connectivity index (χ4v) is 10.0. The summed E-state index contributed by atoms with van der Waals surface area (Å²) in [6.45, 7) is 8.39. The van der Waals surface area contributed by atoms with E-state index in [0.29, 0.717) is 41.9 Å². The summed E-state index contributed by atoms with van der Waals surface area (Å²) in [5.41, 5.74) is 1.45. The lowest BCUT2D eigenvalue weighted by Crippen LogP contribution is -2.54. The Morgan fingerprint density at radius 3 is 2.44 bits per heavy atom. The fraction of sp³-hybridized carbons (Fsp3) is 0.765. The first kappa shape index (κ1) is 28.6. The average Bonchev–Trinajstić information content (AvgIpc) is 3.31. The van der Waals surface area contributed by atoms with Crippen LogP contribution in [0.5, 0.6) is 0 Å². The van der Waals surface area contributed by atoms with Crippen molar-refractivity contribution in [3.8, 4) is 0 Å². The highest BCUT2D eigenvalue weighted by molar-refractivity contribution is 5.89. The van der Waals surface area contributed by atoms with E-state index in [9.17, 15) is 9.59 Å². The molecule has 0 radical (unpaired) electrons. The van der Waals surface area contributed by atoms with Crippen molar-refractivity contribution in [3.05, 3.63) is 35.9 Å². The monoisotopic (exact) mass is 538 g/mol. The van der Waals surface area contributed by atoms with E-state index >= 15 is 0 Å². The first-order valence-electron chi connectivity index (χ1n) is 15.7. The maximum Gasteiger partial charge on any atom is 0.338 e. The van der Waals surface area contributed by atoms with Crippen molar-refractivity contribution in [2.24, 2.45) is 46.3 Å². The second-order valence-corrected chi connectivity index (χ2v) is 13.7. The lowest BCUT2D eigenvalue weighted by Gasteiger charge is -2.61. The molecule has 0 bridgehead atoms. The first-order valence-corrected chi connectivity index (χ1v) is 15.7. The Bertz CT molecular complexity index is 993. The topological polar surface area (TPSA) is 61.8 Å². The number of carbonyl (C=O) groups excluding carboxylic acids is 2. The van der Waals surface area contributed by atoms with Gasteiger partial charge in [-0.05, 0) is 123 Å². The van der Waals surface area contributed by atoms with Crippen LogP contribution in [0.15, 0.2) is 30.3 Å². The van der Waals surface area contributed by atoms with Gasteiger partial charge in [0.25, 0.3) is 0 Å². The third-order valence-corrected chi connectivity index (χ3v) is 12.1. The lowest BCUT2D eigenvalue weighted by atomic mass is 9.44. The van der Waals surface area contributed by atoms with Crippen LogP contribution < -0.4 is 0 Å². The Morgan fingerprint density at radius 1 is 0.923 bits per heavy atom. The number of fused-ring (bicyclic) bond motifs is 5. The highest BCUT2D eigenvalue weighted by Gasteiger charge is 2.60. The van der Waals surface area contributed by atoms with Crippen LogP contribution in [0.25, 0.3) is 0 Å². The molecule has 5 nitrogen and oxygen atoms in total. The van der Waals surface area contributed by atoms with Crippen LogP contribution in [0.2, 0.25) is 0 Å². The van der Waals surface area contributed by atoms with Gasteiger partial charge in [-0.15, -0.1) is 0 Å². The maximum atomic E-state index is 12.2. The second kappa shape index (κ2) is 11.9. The average molecular weight is 539 g/mol. The Balaban J connectivity index is 1.13. The second-order valence-electron chi connectivity index (χ2n) is 13.7. The van der Waals surface area contributed by atoms with E-state index in [-0.39, 0.29) is 18.0 Å². The van der Waals surface area contributed by atoms with Crippen LogP contribution in [-0.4, -0.2) is 38.4 Å². The van der Waals surface area contributed by atoms with Gasteiger partial charge in [-0.1, -0.05) is 39.0 Å². The Labute approximate surface area is 235 Å². The van der Waals surface area contributed by atoms with Crippen molar-refractivity contribution in [2.75, 3.05) is 20.3 Å². The zero-order valence-corrected chi connectivity index (χ0v) is 24.7. The fourth-order valence-electron chi connectivity index (χ4n) is 10.0. The molecule has 4 aliphatic carbocycles. The first-order chi connectivity index (χ1) is 18.8. The predicted molar refractivity (Wildman–Crippen MR) is 152 cm³/mol. The number of rotatable bonds is 9. The van der Waals surface area contributed by atoms with Crippen molar-refractivity contribution in [3.63, 3.8) is 0 Å². The molecular weight excluding hydrogens is 488 g/mol. The number of hydrogen-bond acceptors (Lipinski definition) is 5. The normalized spacial score (nSPS) is 38.2. The maximum absolute atomic E-state index is 12.2. The van der Waals surface area contributed by atoms with E-state index in [4.69, 9.17) is 14.2 Å². The molecule has 1 aromatic carbocycles. The van der Waals surface area contributed by atoms with E-state index < -0.39 is 0 Å². The standard InChI is InChI=1S/C34H50O5/c1-23(10-15-31(35)37-4)28-13-14-29-27-12-11-25-22-26(16-18-33(25,2)30(27)17-19-34(28,29)3)38-20-21-39-32(36)24-8-6-5-7-9-24/h5-9,23,25-30H,10-22H2,1-4H3/t23-,25?,26+,27+,28-,29+,30+,33+,34-/m1/s1. The van der Waals surface area contributed by atoms with Crippen LogP contribution in [0.3, 0.4) is 0 Å². The smallest absolute Gasteiger partial charge is 0.338 e. The molecule has 4 saturated carbocycles. The third-order valence-electron chi connectivity index (χ3n) is 12.1. The summed E-state index contributed by atoms with van der Waals surface area (Å²) in [5, 5.41) is 0. The third kappa shape index (κ3) is 5.67. The van der Waals surface area contributed by atoms with Gasteiger partial charge >= 0.3 is 11.9 Å². The van der Waals surface area contributed by atoms with Gasteiger partial charge in [-0.3, -0.25) is 4.79 Å². The van der Waals surface area contributed by atoms with Crippen molar-refractivity contribution < 1.29 is 23.8 Å². The Hall–Kier alpha value is -1.88. The lowest BCUT2D eigenvalue weighted by molar-refractivity contribution is -0.142. The summed E-state index contributed by atoms with van der Waals surface area (Å²) >= 11 is 0. The zero-order chi connectivity index (χ0) is 27.6. The molecule has 5 rings (SSSR count).